The quantitative estimate of drug-likeness (QED) is 0.0424. The molecule has 0 aromatic heterocycles. The van der Waals surface area contributed by atoms with Crippen molar-refractivity contribution >= 4 is 29.5 Å². The summed E-state index contributed by atoms with van der Waals surface area (Å²) >= 11 is 0. The highest BCUT2D eigenvalue weighted by molar-refractivity contribution is 5.93. The third-order valence-corrected chi connectivity index (χ3v) is 7.48. The zero-order chi connectivity index (χ0) is 33.7. The molecule has 0 aliphatic carbocycles. The van der Waals surface area contributed by atoms with E-state index < -0.39 is 29.9 Å². The minimum atomic E-state index is -0.841. The van der Waals surface area contributed by atoms with Gasteiger partial charge in [0.15, 0.2) is 5.78 Å². The molecule has 46 heavy (non-hydrogen) atoms. The van der Waals surface area contributed by atoms with Gasteiger partial charge >= 0.3 is 11.9 Å². The lowest BCUT2D eigenvalue weighted by atomic mass is 9.90. The molecule has 7 N–H and O–H groups in total. The molecule has 0 bridgehead atoms. The summed E-state index contributed by atoms with van der Waals surface area (Å²) in [5.41, 5.74) is 13.0. The van der Waals surface area contributed by atoms with E-state index in [1.54, 1.807) is 18.2 Å². The topological polar surface area (TPSA) is 177 Å². The molecule has 2 amide bonds. The van der Waals surface area contributed by atoms with Gasteiger partial charge in [0, 0.05) is 19.3 Å². The maximum absolute atomic E-state index is 13.6. The lowest BCUT2D eigenvalue weighted by Gasteiger charge is -2.23. The number of ether oxygens (including phenoxy) is 2. The number of benzene rings is 2. The highest BCUT2D eigenvalue weighted by atomic mass is 16.5. The number of nitrogens with two attached hydrogens (primary N) is 2. The van der Waals surface area contributed by atoms with E-state index in [0.717, 1.165) is 18.4 Å². The number of ketones is 1. The molecule has 0 saturated heterocycles. The number of esters is 1. The number of carbonyl (C=O) groups excluding carboxylic acids is 4. The van der Waals surface area contributed by atoms with Crippen molar-refractivity contribution < 1.29 is 33.6 Å². The summed E-state index contributed by atoms with van der Waals surface area (Å²) in [6.07, 6.45) is 6.21. The number of amides is 2. The molecule has 0 spiro atoms. The third kappa shape index (κ3) is 14.9. The number of nitrogens with one attached hydrogen (secondary N) is 3. The fraction of sp³-hybridized carbons (Fsp3) is 0.457. The van der Waals surface area contributed by atoms with E-state index in [1.807, 2.05) is 30.3 Å². The molecule has 0 unspecified atom stereocenters. The lowest BCUT2D eigenvalue weighted by Crippen LogP contribution is -2.78. The van der Waals surface area contributed by atoms with Gasteiger partial charge in [0.1, 0.15) is 18.4 Å². The van der Waals surface area contributed by atoms with Crippen molar-refractivity contribution in [2.75, 3.05) is 20.3 Å². The maximum Gasteiger partial charge on any atom is 0.338 e. The zero-order valence-corrected chi connectivity index (χ0v) is 27.1. The molecule has 2 rings (SSSR count). The number of aryl methyl sites for hydroxylation is 1. The van der Waals surface area contributed by atoms with Crippen LogP contribution in [0, 0.1) is 5.92 Å². The Balaban J connectivity index is 2.13. The molecule has 11 nitrogen and oxygen atoms in total. The van der Waals surface area contributed by atoms with Gasteiger partial charge in [0.05, 0.1) is 19.7 Å². The first-order valence-corrected chi connectivity index (χ1v) is 15.8. The molecular formula is C35H50N5O6+. The predicted molar refractivity (Wildman–Crippen MR) is 178 cm³/mol. The average molecular weight is 637 g/mol. The van der Waals surface area contributed by atoms with Gasteiger partial charge in [-0.25, -0.2) is 4.79 Å². The van der Waals surface area contributed by atoms with Gasteiger partial charge in [-0.1, -0.05) is 61.5 Å². The molecule has 11 heteroatoms. The first-order chi connectivity index (χ1) is 22.1. The Morgan fingerprint density at radius 2 is 1.59 bits per heavy atom. The molecule has 0 heterocycles. The van der Waals surface area contributed by atoms with Crippen LogP contribution in [-0.2, 0) is 36.8 Å². The van der Waals surface area contributed by atoms with Crippen molar-refractivity contribution in [3.63, 3.8) is 0 Å². The van der Waals surface area contributed by atoms with Gasteiger partial charge < -0.3 is 20.1 Å². The van der Waals surface area contributed by atoms with Crippen molar-refractivity contribution in [1.82, 2.24) is 10.6 Å². The van der Waals surface area contributed by atoms with E-state index in [0.29, 0.717) is 51.0 Å². The maximum atomic E-state index is 13.6. The van der Waals surface area contributed by atoms with Crippen LogP contribution < -0.4 is 31.8 Å². The van der Waals surface area contributed by atoms with Gasteiger partial charge in [-0.3, -0.25) is 30.8 Å². The van der Waals surface area contributed by atoms with Crippen LogP contribution in [0.4, 0.5) is 0 Å². The van der Waals surface area contributed by atoms with Crippen LogP contribution >= 0.6 is 0 Å². The zero-order valence-electron chi connectivity index (χ0n) is 27.1. The number of Topliss-reactive ketones (excluding diaryl/α,β-unsaturated/α-hetero) is 1. The van der Waals surface area contributed by atoms with E-state index >= 15 is 0 Å². The summed E-state index contributed by atoms with van der Waals surface area (Å²) in [6.45, 7) is 5.87. The Bertz CT molecular complexity index is 1280. The second-order valence-corrected chi connectivity index (χ2v) is 11.3. The van der Waals surface area contributed by atoms with Gasteiger partial charge in [-0.2, -0.15) is 0 Å². The van der Waals surface area contributed by atoms with E-state index in [2.05, 4.69) is 34.3 Å². The normalized spacial score (nSPS) is 12.6. The summed E-state index contributed by atoms with van der Waals surface area (Å²) in [5, 5.41) is 5.60. The number of rotatable bonds is 22. The molecular weight excluding hydrogens is 586 g/mol. The lowest BCUT2D eigenvalue weighted by molar-refractivity contribution is -0.459. The van der Waals surface area contributed by atoms with Crippen molar-refractivity contribution in [1.29, 1.82) is 0 Å². The minimum Gasteiger partial charge on any atom is -0.490 e. The van der Waals surface area contributed by atoms with Crippen LogP contribution in [0.25, 0.3) is 0 Å². The molecule has 0 aliphatic heterocycles. The molecule has 0 radical (unpaired) electrons. The fourth-order valence-corrected chi connectivity index (χ4v) is 5.07. The van der Waals surface area contributed by atoms with Crippen LogP contribution in [0.5, 0.6) is 5.75 Å². The van der Waals surface area contributed by atoms with Gasteiger partial charge in [-0.05, 0) is 68.2 Å². The standard InChI is InChI=1S/C35H49N5O6/c1-4-22-46-29-19-17-27(18-20-29)23-31(39-25(2)41)32(42)24-28(15-10-11-21-38-35(36)37)33(43)40-30(34(44)45-3)16-9-8-14-26-12-6-5-7-13-26/h4-7,12-13,17-20,28,30-31H,1,8-11,14-16,21-24H2,2-3H3,(H,39,41)(H,40,43)(H4,36,37,38)/p+1/t28-,30+,31+/m1/s1. The van der Waals surface area contributed by atoms with Crippen LogP contribution in [0.15, 0.2) is 67.3 Å². The van der Waals surface area contributed by atoms with Crippen LogP contribution in [-0.4, -0.2) is 61.9 Å². The van der Waals surface area contributed by atoms with Gasteiger partial charge in [0.2, 0.25) is 11.8 Å². The first kappa shape index (κ1) is 37.5. The number of methoxy groups -OCH3 is 1. The fourth-order valence-electron chi connectivity index (χ4n) is 5.07. The van der Waals surface area contributed by atoms with Crippen LogP contribution in [0.2, 0.25) is 0 Å². The van der Waals surface area contributed by atoms with Crippen molar-refractivity contribution in [2.45, 2.75) is 76.8 Å². The number of carbonyl (C=O) groups is 4. The summed E-state index contributed by atoms with van der Waals surface area (Å²) in [5.74, 6) is -1.54. The average Bonchev–Trinajstić information content (AvgIpc) is 3.04. The van der Waals surface area contributed by atoms with Crippen molar-refractivity contribution in [3.05, 3.63) is 78.4 Å². The van der Waals surface area contributed by atoms with Crippen LogP contribution in [0.3, 0.4) is 0 Å². The molecule has 0 fully saturated rings. The summed E-state index contributed by atoms with van der Waals surface area (Å²) < 4.78 is 10.5. The molecule has 2 aromatic carbocycles. The summed E-state index contributed by atoms with van der Waals surface area (Å²) in [6, 6.07) is 15.6. The minimum absolute atomic E-state index is 0.108. The molecule has 2 aromatic rings. The highest BCUT2D eigenvalue weighted by Crippen LogP contribution is 2.19. The smallest absolute Gasteiger partial charge is 0.338 e. The monoisotopic (exact) mass is 636 g/mol. The summed E-state index contributed by atoms with van der Waals surface area (Å²) in [7, 11) is 1.29. The Labute approximate surface area is 272 Å². The third-order valence-electron chi connectivity index (χ3n) is 7.48. The number of hydrogen-bond acceptors (Lipinski definition) is 6. The predicted octanol–water partition coefficient (Wildman–Crippen LogP) is 1.47. The molecule has 0 saturated carbocycles. The Morgan fingerprint density at radius 3 is 2.22 bits per heavy atom. The molecule has 3 atom stereocenters. The van der Waals surface area contributed by atoms with Gasteiger partial charge in [0.25, 0.3) is 0 Å². The Kier molecular flexibility index (Phi) is 17.2. The Morgan fingerprint density at radius 1 is 0.891 bits per heavy atom. The second-order valence-electron chi connectivity index (χ2n) is 11.3. The largest absolute Gasteiger partial charge is 0.490 e. The first-order valence-electron chi connectivity index (χ1n) is 15.8. The Hall–Kier alpha value is -4.67. The van der Waals surface area contributed by atoms with Gasteiger partial charge in [-0.15, -0.1) is 0 Å². The van der Waals surface area contributed by atoms with E-state index in [4.69, 9.17) is 20.9 Å². The number of hydrogen-bond donors (Lipinski definition) is 5. The van der Waals surface area contributed by atoms with Crippen molar-refractivity contribution in [2.24, 2.45) is 17.4 Å². The second kappa shape index (κ2) is 21.1. The van der Waals surface area contributed by atoms with E-state index in [1.165, 1.54) is 19.6 Å². The molecule has 0 aliphatic rings. The number of guanidine groups is 1. The van der Waals surface area contributed by atoms with E-state index in [9.17, 15) is 19.2 Å². The summed E-state index contributed by atoms with van der Waals surface area (Å²) in [4.78, 5) is 54.8. The van der Waals surface area contributed by atoms with E-state index in [-0.39, 0.29) is 30.5 Å². The molecule has 250 valence electrons. The number of unbranched alkanes of at least 4 members (excludes halogenated alkanes) is 2. The van der Waals surface area contributed by atoms with Crippen molar-refractivity contribution in [3.8, 4) is 5.75 Å². The highest BCUT2D eigenvalue weighted by Gasteiger charge is 2.30. The van der Waals surface area contributed by atoms with Crippen LogP contribution in [0.1, 0.15) is 63.0 Å². The SMILES string of the molecule is C=CCOc1ccc(C[C@H](NC(C)=O)C(=O)C[C@@H](CCCC[NH+]=C(N)N)C(=O)N[C@@H](CCCCc2ccccc2)C(=O)OC)cc1.